The Bertz CT molecular complexity index is 816. The molecule has 0 aromatic heterocycles. The SMILES string of the molecule is CCC(C)C1(N2CCS(=O)(=O)CC2)C(F)CNCC1NC(=O)C1C(N)NN2CC(F)CNC12. The first-order valence-electron chi connectivity index (χ1n) is 11.9. The third kappa shape index (κ3) is 4.53. The highest BCUT2D eigenvalue weighted by Gasteiger charge is 2.57. The van der Waals surface area contributed by atoms with Crippen LogP contribution in [0.4, 0.5) is 8.78 Å². The van der Waals surface area contributed by atoms with E-state index in [9.17, 15) is 17.6 Å². The summed E-state index contributed by atoms with van der Waals surface area (Å²) in [6.07, 6.45) is -2.84. The fourth-order valence-electron chi connectivity index (χ4n) is 6.12. The van der Waals surface area contributed by atoms with Crippen molar-refractivity contribution in [2.75, 3.05) is 50.8 Å². The van der Waals surface area contributed by atoms with Gasteiger partial charge in [0.05, 0.1) is 41.3 Å². The van der Waals surface area contributed by atoms with Crippen LogP contribution in [0.15, 0.2) is 0 Å². The number of hydrazine groups is 1. The second-order valence-electron chi connectivity index (χ2n) is 9.81. The number of nitrogens with one attached hydrogen (secondary N) is 4. The molecule has 190 valence electrons. The number of fused-ring (bicyclic) bond motifs is 1. The van der Waals surface area contributed by atoms with Crippen LogP contribution in [0, 0.1) is 11.8 Å². The molecule has 8 unspecified atom stereocenters. The molecule has 6 N–H and O–H groups in total. The highest BCUT2D eigenvalue weighted by Crippen LogP contribution is 2.39. The minimum atomic E-state index is -3.15. The van der Waals surface area contributed by atoms with E-state index in [1.807, 2.05) is 18.7 Å². The first-order valence-corrected chi connectivity index (χ1v) is 13.7. The van der Waals surface area contributed by atoms with Gasteiger partial charge >= 0.3 is 0 Å². The fourth-order valence-corrected chi connectivity index (χ4v) is 7.32. The maximum atomic E-state index is 15.9. The number of nitrogens with zero attached hydrogens (tertiary/aromatic N) is 2. The van der Waals surface area contributed by atoms with Gasteiger partial charge in [0.15, 0.2) is 9.84 Å². The number of carbonyl (C=O) groups excluding carboxylic acids is 1. The average Bonchev–Trinajstić information content (AvgIpc) is 3.09. The summed E-state index contributed by atoms with van der Waals surface area (Å²) in [7, 11) is -3.15. The zero-order chi connectivity index (χ0) is 24.0. The van der Waals surface area contributed by atoms with Crippen LogP contribution in [-0.2, 0) is 14.6 Å². The molecule has 0 aliphatic carbocycles. The molecule has 4 aliphatic heterocycles. The Labute approximate surface area is 194 Å². The van der Waals surface area contributed by atoms with Crippen molar-refractivity contribution in [2.45, 2.75) is 56.5 Å². The zero-order valence-corrected chi connectivity index (χ0v) is 20.1. The molecular formula is C20H37F2N7O3S. The summed E-state index contributed by atoms with van der Waals surface area (Å²) in [5.74, 6) is -1.18. The third-order valence-electron chi connectivity index (χ3n) is 7.97. The van der Waals surface area contributed by atoms with Crippen LogP contribution in [0.3, 0.4) is 0 Å². The second kappa shape index (κ2) is 9.59. The van der Waals surface area contributed by atoms with Gasteiger partial charge in [0, 0.05) is 39.3 Å². The van der Waals surface area contributed by atoms with Crippen LogP contribution >= 0.6 is 0 Å². The lowest BCUT2D eigenvalue weighted by Gasteiger charge is -2.57. The molecule has 4 fully saturated rings. The Morgan fingerprint density at radius 1 is 1.24 bits per heavy atom. The Balaban J connectivity index is 1.59. The van der Waals surface area contributed by atoms with Gasteiger partial charge in [-0.1, -0.05) is 20.3 Å². The molecule has 0 saturated carbocycles. The van der Waals surface area contributed by atoms with Crippen molar-refractivity contribution in [3.8, 4) is 0 Å². The molecule has 13 heteroatoms. The smallest absolute Gasteiger partial charge is 0.229 e. The van der Waals surface area contributed by atoms with E-state index in [2.05, 4.69) is 21.4 Å². The largest absolute Gasteiger partial charge is 0.350 e. The fraction of sp³-hybridized carbons (Fsp3) is 0.950. The first kappa shape index (κ1) is 25.1. The highest BCUT2D eigenvalue weighted by atomic mass is 32.2. The highest BCUT2D eigenvalue weighted by molar-refractivity contribution is 7.91. The number of hydrogen-bond donors (Lipinski definition) is 5. The molecular weight excluding hydrogens is 456 g/mol. The Morgan fingerprint density at radius 2 is 1.94 bits per heavy atom. The van der Waals surface area contributed by atoms with E-state index < -0.39 is 52.0 Å². The molecule has 0 radical (unpaired) electrons. The zero-order valence-electron chi connectivity index (χ0n) is 19.3. The molecule has 0 aromatic carbocycles. The van der Waals surface area contributed by atoms with Crippen molar-refractivity contribution in [3.63, 3.8) is 0 Å². The van der Waals surface area contributed by atoms with Gasteiger partial charge in [-0.05, 0) is 5.92 Å². The maximum Gasteiger partial charge on any atom is 0.229 e. The molecule has 0 aromatic rings. The predicted octanol–water partition coefficient (Wildman–Crippen LogP) is -2.08. The first-order chi connectivity index (χ1) is 15.6. The number of nitrogens with two attached hydrogens (primary N) is 1. The number of sulfone groups is 1. The van der Waals surface area contributed by atoms with Crippen molar-refractivity contribution >= 4 is 15.7 Å². The summed E-state index contributed by atoms with van der Waals surface area (Å²) in [6, 6.07) is -0.580. The molecule has 10 nitrogen and oxygen atoms in total. The quantitative estimate of drug-likeness (QED) is 0.293. The molecule has 4 rings (SSSR count). The van der Waals surface area contributed by atoms with E-state index in [0.29, 0.717) is 13.0 Å². The lowest BCUT2D eigenvalue weighted by molar-refractivity contribution is -0.132. The van der Waals surface area contributed by atoms with Crippen molar-refractivity contribution in [3.05, 3.63) is 0 Å². The van der Waals surface area contributed by atoms with E-state index in [-0.39, 0.29) is 56.1 Å². The van der Waals surface area contributed by atoms with Crippen LogP contribution < -0.4 is 27.1 Å². The van der Waals surface area contributed by atoms with Crippen LogP contribution in [0.5, 0.6) is 0 Å². The van der Waals surface area contributed by atoms with Gasteiger partial charge in [-0.25, -0.2) is 27.6 Å². The molecule has 8 atom stereocenters. The summed E-state index contributed by atoms with van der Waals surface area (Å²) in [5, 5.41) is 10.8. The normalized spacial score (nSPS) is 43.1. The Morgan fingerprint density at radius 3 is 2.61 bits per heavy atom. The van der Waals surface area contributed by atoms with Gasteiger partial charge in [-0.3, -0.25) is 15.0 Å². The molecule has 4 aliphatic rings. The van der Waals surface area contributed by atoms with Gasteiger partial charge in [-0.15, -0.1) is 0 Å². The summed E-state index contributed by atoms with van der Waals surface area (Å²) in [5.41, 5.74) is 8.14. The predicted molar refractivity (Wildman–Crippen MR) is 120 cm³/mol. The molecule has 4 saturated heterocycles. The van der Waals surface area contributed by atoms with Gasteiger partial charge in [0.25, 0.3) is 0 Å². The van der Waals surface area contributed by atoms with Crippen LogP contribution in [-0.4, -0.2) is 111 Å². The van der Waals surface area contributed by atoms with Gasteiger partial charge in [0.1, 0.15) is 12.3 Å². The summed E-state index contributed by atoms with van der Waals surface area (Å²) in [4.78, 5) is 15.4. The number of amides is 1. The minimum Gasteiger partial charge on any atom is -0.350 e. The summed E-state index contributed by atoms with van der Waals surface area (Å²) >= 11 is 0. The second-order valence-corrected chi connectivity index (χ2v) is 12.1. The van der Waals surface area contributed by atoms with E-state index in [4.69, 9.17) is 5.73 Å². The Kier molecular flexibility index (Phi) is 7.31. The van der Waals surface area contributed by atoms with E-state index >= 15 is 4.39 Å². The molecule has 4 heterocycles. The third-order valence-corrected chi connectivity index (χ3v) is 9.58. The van der Waals surface area contributed by atoms with Gasteiger partial charge in [-0.2, -0.15) is 0 Å². The van der Waals surface area contributed by atoms with Crippen molar-refractivity contribution in [1.29, 1.82) is 0 Å². The lowest BCUT2D eigenvalue weighted by atomic mass is 9.70. The van der Waals surface area contributed by atoms with E-state index in [0.717, 1.165) is 0 Å². The van der Waals surface area contributed by atoms with Crippen molar-refractivity contribution in [1.82, 2.24) is 31.3 Å². The molecule has 0 bridgehead atoms. The average molecular weight is 494 g/mol. The van der Waals surface area contributed by atoms with Crippen LogP contribution in [0.1, 0.15) is 20.3 Å². The van der Waals surface area contributed by atoms with Crippen LogP contribution in [0.25, 0.3) is 0 Å². The number of alkyl halides is 2. The molecule has 1 amide bonds. The number of halogens is 2. The molecule has 0 spiro atoms. The van der Waals surface area contributed by atoms with Crippen molar-refractivity contribution < 1.29 is 22.0 Å². The van der Waals surface area contributed by atoms with E-state index in [1.54, 1.807) is 5.01 Å². The van der Waals surface area contributed by atoms with Gasteiger partial charge < -0.3 is 16.4 Å². The molecule has 33 heavy (non-hydrogen) atoms. The van der Waals surface area contributed by atoms with Crippen molar-refractivity contribution in [2.24, 2.45) is 17.6 Å². The summed E-state index contributed by atoms with van der Waals surface area (Å²) in [6.45, 7) is 5.19. The Hall–Kier alpha value is -0.960. The number of rotatable bonds is 5. The standard InChI is InChI=1S/C20H37F2N7O3S/c1-3-12(2)20(28-4-6-33(31,32)7-5-28)14(22)9-24-10-15(20)26-19(30)16-17(23)27-29-11-13(21)8-25-18(16)29/h12-18,24-25,27H,3-11,23H2,1-2H3,(H,26,30). The van der Waals surface area contributed by atoms with Crippen LogP contribution in [0.2, 0.25) is 0 Å². The topological polar surface area (TPSA) is 132 Å². The maximum absolute atomic E-state index is 15.9. The van der Waals surface area contributed by atoms with Gasteiger partial charge in [0.2, 0.25) is 5.91 Å². The summed E-state index contributed by atoms with van der Waals surface area (Å²) < 4.78 is 53.8. The lowest BCUT2D eigenvalue weighted by Crippen LogP contribution is -2.78. The number of carbonyl (C=O) groups is 1. The number of piperidine rings is 1. The van der Waals surface area contributed by atoms with E-state index in [1.165, 1.54) is 0 Å². The monoisotopic (exact) mass is 493 g/mol. The minimum absolute atomic E-state index is 0.0191. The number of hydrogen-bond acceptors (Lipinski definition) is 9.